The minimum Gasteiger partial charge on any atom is -0.494 e. The van der Waals surface area contributed by atoms with Crippen LogP contribution >= 0.6 is 0 Å². The van der Waals surface area contributed by atoms with Gasteiger partial charge in [0.2, 0.25) is 15.9 Å². The van der Waals surface area contributed by atoms with Crippen LogP contribution in [0.1, 0.15) is 19.3 Å². The summed E-state index contributed by atoms with van der Waals surface area (Å²) in [7, 11) is -3.69. The van der Waals surface area contributed by atoms with Gasteiger partial charge in [-0.25, -0.2) is 12.8 Å². The normalized spacial score (nSPS) is 17.4. The van der Waals surface area contributed by atoms with Crippen molar-refractivity contribution >= 4 is 15.9 Å². The zero-order chi connectivity index (χ0) is 20.0. The summed E-state index contributed by atoms with van der Waals surface area (Å²) < 4.78 is 45.2. The number of carbonyl (C=O) groups excluding carboxylic acids is 1. The number of rotatable bonds is 8. The maximum Gasteiger partial charge on any atom is 0.243 e. The van der Waals surface area contributed by atoms with Crippen LogP contribution in [0.25, 0.3) is 0 Å². The van der Waals surface area contributed by atoms with Crippen LogP contribution in [0.2, 0.25) is 0 Å². The maximum atomic E-state index is 12.8. The maximum absolute atomic E-state index is 12.8. The Hall–Kier alpha value is -2.45. The molecule has 2 aromatic rings. The van der Waals surface area contributed by atoms with Gasteiger partial charge in [-0.1, -0.05) is 18.2 Å². The van der Waals surface area contributed by atoms with Crippen molar-refractivity contribution in [3.63, 3.8) is 0 Å². The zero-order valence-electron chi connectivity index (χ0n) is 15.4. The second kappa shape index (κ2) is 9.16. The van der Waals surface area contributed by atoms with E-state index in [1.165, 1.54) is 28.6 Å². The lowest BCUT2D eigenvalue weighted by molar-refractivity contribution is -0.124. The summed E-state index contributed by atoms with van der Waals surface area (Å²) in [5.41, 5.74) is 0. The molecule has 3 rings (SSSR count). The fourth-order valence-electron chi connectivity index (χ4n) is 3.14. The van der Waals surface area contributed by atoms with Gasteiger partial charge in [0.15, 0.2) is 0 Å². The second-order valence-electron chi connectivity index (χ2n) is 6.53. The molecule has 0 spiro atoms. The molecule has 1 aliphatic heterocycles. The third-order valence-corrected chi connectivity index (χ3v) is 6.48. The Labute approximate surface area is 164 Å². The summed E-state index contributed by atoms with van der Waals surface area (Å²) in [6, 6.07) is 13.2. The number of amides is 1. The number of nitrogens with zero attached hydrogens (tertiary/aromatic N) is 1. The van der Waals surface area contributed by atoms with E-state index in [0.717, 1.165) is 0 Å². The van der Waals surface area contributed by atoms with Gasteiger partial charge in [-0.15, -0.1) is 0 Å². The first-order chi connectivity index (χ1) is 13.5. The predicted molar refractivity (Wildman–Crippen MR) is 103 cm³/mol. The molecule has 1 N–H and O–H groups in total. The first-order valence-electron chi connectivity index (χ1n) is 9.21. The van der Waals surface area contributed by atoms with Gasteiger partial charge in [0.05, 0.1) is 11.5 Å². The molecule has 0 bridgehead atoms. The molecular formula is C20H23FN2O4S. The molecule has 1 amide bonds. The van der Waals surface area contributed by atoms with Crippen LogP contribution in [-0.4, -0.2) is 44.4 Å². The molecule has 1 atom stereocenters. The van der Waals surface area contributed by atoms with Crippen LogP contribution in [0.15, 0.2) is 59.5 Å². The summed E-state index contributed by atoms with van der Waals surface area (Å²) in [4.78, 5) is 12.7. The fraction of sp³-hybridized carbons (Fsp3) is 0.350. The van der Waals surface area contributed by atoms with E-state index in [0.29, 0.717) is 44.7 Å². The van der Waals surface area contributed by atoms with Gasteiger partial charge in [0.1, 0.15) is 17.6 Å². The number of halogens is 1. The van der Waals surface area contributed by atoms with Gasteiger partial charge in [-0.3, -0.25) is 4.79 Å². The lowest BCUT2D eigenvalue weighted by atomic mass is 10.2. The quantitative estimate of drug-likeness (QED) is 0.684. The van der Waals surface area contributed by atoms with Crippen LogP contribution in [-0.2, 0) is 14.8 Å². The molecule has 0 aromatic heterocycles. The molecule has 6 nitrogen and oxygen atoms in total. The number of benzene rings is 2. The molecule has 0 aliphatic carbocycles. The minimum atomic E-state index is -3.69. The van der Waals surface area contributed by atoms with Crippen molar-refractivity contribution in [2.45, 2.75) is 30.2 Å². The first-order valence-corrected chi connectivity index (χ1v) is 10.7. The summed E-state index contributed by atoms with van der Waals surface area (Å²) in [6.45, 7) is 1.07. The Bertz CT molecular complexity index is 888. The highest BCUT2D eigenvalue weighted by atomic mass is 32.2. The molecule has 2 aromatic carbocycles. The smallest absolute Gasteiger partial charge is 0.243 e. The monoisotopic (exact) mass is 406 g/mol. The lowest BCUT2D eigenvalue weighted by Crippen LogP contribution is -2.46. The molecule has 150 valence electrons. The van der Waals surface area contributed by atoms with Crippen LogP contribution < -0.4 is 10.1 Å². The highest BCUT2D eigenvalue weighted by Crippen LogP contribution is 2.26. The van der Waals surface area contributed by atoms with Gasteiger partial charge >= 0.3 is 0 Å². The van der Waals surface area contributed by atoms with E-state index in [1.54, 1.807) is 30.3 Å². The van der Waals surface area contributed by atoms with Crippen molar-refractivity contribution in [2.75, 3.05) is 19.7 Å². The van der Waals surface area contributed by atoms with E-state index >= 15 is 0 Å². The highest BCUT2D eigenvalue weighted by Gasteiger charge is 2.39. The third kappa shape index (κ3) is 4.88. The molecular weight excluding hydrogens is 383 g/mol. The summed E-state index contributed by atoms with van der Waals surface area (Å²) in [6.07, 6.45) is 1.71. The van der Waals surface area contributed by atoms with Crippen molar-refractivity contribution < 1.29 is 22.3 Å². The number of ether oxygens (including phenoxy) is 1. The van der Waals surface area contributed by atoms with Crippen molar-refractivity contribution in [3.8, 4) is 5.75 Å². The van der Waals surface area contributed by atoms with Crippen LogP contribution in [0.5, 0.6) is 5.75 Å². The van der Waals surface area contributed by atoms with Crippen LogP contribution in [0.3, 0.4) is 0 Å². The van der Waals surface area contributed by atoms with Crippen molar-refractivity contribution in [1.29, 1.82) is 0 Å². The summed E-state index contributed by atoms with van der Waals surface area (Å²) in [5.74, 6) is -0.0615. The number of sulfonamides is 1. The number of carbonyl (C=O) groups is 1. The second-order valence-corrected chi connectivity index (χ2v) is 8.42. The van der Waals surface area contributed by atoms with E-state index in [2.05, 4.69) is 5.32 Å². The van der Waals surface area contributed by atoms with Crippen LogP contribution in [0.4, 0.5) is 4.39 Å². The Morgan fingerprint density at radius 1 is 1.14 bits per heavy atom. The SMILES string of the molecule is O=C(NCCCOc1ccc(F)cc1)C1CCCN1S(=O)(=O)c1ccccc1. The van der Waals surface area contributed by atoms with Gasteiger partial charge in [0, 0.05) is 13.1 Å². The van der Waals surface area contributed by atoms with Crippen molar-refractivity contribution in [1.82, 2.24) is 9.62 Å². The topological polar surface area (TPSA) is 75.7 Å². The van der Waals surface area contributed by atoms with Gasteiger partial charge < -0.3 is 10.1 Å². The molecule has 1 unspecified atom stereocenters. The van der Waals surface area contributed by atoms with E-state index in [9.17, 15) is 17.6 Å². The number of nitrogens with one attached hydrogen (secondary N) is 1. The molecule has 1 aliphatic rings. The van der Waals surface area contributed by atoms with Gasteiger partial charge in [-0.05, 0) is 55.7 Å². The number of hydrogen-bond donors (Lipinski definition) is 1. The molecule has 0 radical (unpaired) electrons. The summed E-state index contributed by atoms with van der Waals surface area (Å²) in [5, 5.41) is 2.79. The Morgan fingerprint density at radius 3 is 2.57 bits per heavy atom. The van der Waals surface area contributed by atoms with E-state index < -0.39 is 16.1 Å². The molecule has 8 heteroatoms. The van der Waals surface area contributed by atoms with Crippen LogP contribution in [0, 0.1) is 5.82 Å². The Kier molecular flexibility index (Phi) is 6.64. The zero-order valence-corrected chi connectivity index (χ0v) is 16.2. The van der Waals surface area contributed by atoms with Gasteiger partial charge in [-0.2, -0.15) is 4.31 Å². The third-order valence-electron chi connectivity index (χ3n) is 4.56. The average molecular weight is 406 g/mol. The predicted octanol–water partition coefficient (Wildman–Crippen LogP) is 2.56. The van der Waals surface area contributed by atoms with Crippen molar-refractivity contribution in [3.05, 3.63) is 60.4 Å². The minimum absolute atomic E-state index is 0.197. The standard InChI is InChI=1S/C20H23FN2O4S/c21-16-9-11-17(12-10-16)27-15-5-13-22-20(24)19-8-4-14-23(19)28(25,26)18-6-2-1-3-7-18/h1-3,6-7,9-12,19H,4-5,8,13-15H2,(H,22,24). The number of hydrogen-bond acceptors (Lipinski definition) is 4. The summed E-state index contributed by atoms with van der Waals surface area (Å²) >= 11 is 0. The van der Waals surface area contributed by atoms with Gasteiger partial charge in [0.25, 0.3) is 0 Å². The average Bonchev–Trinajstić information content (AvgIpc) is 3.21. The molecule has 0 saturated carbocycles. The highest BCUT2D eigenvalue weighted by molar-refractivity contribution is 7.89. The van der Waals surface area contributed by atoms with E-state index in [4.69, 9.17) is 4.74 Å². The Balaban J connectivity index is 1.49. The lowest BCUT2D eigenvalue weighted by Gasteiger charge is -2.23. The van der Waals surface area contributed by atoms with Crippen molar-refractivity contribution in [2.24, 2.45) is 0 Å². The Morgan fingerprint density at radius 2 is 1.86 bits per heavy atom. The molecule has 1 saturated heterocycles. The van der Waals surface area contributed by atoms with E-state index in [-0.39, 0.29) is 16.6 Å². The van der Waals surface area contributed by atoms with E-state index in [1.807, 2.05) is 0 Å². The molecule has 28 heavy (non-hydrogen) atoms. The fourth-order valence-corrected chi connectivity index (χ4v) is 4.82. The molecule has 1 fully saturated rings. The molecule has 1 heterocycles. The largest absolute Gasteiger partial charge is 0.494 e. The first kappa shape index (κ1) is 20.3.